The molecule has 0 aromatic heterocycles. The fourth-order valence-corrected chi connectivity index (χ4v) is 1.28. The Hall–Kier alpha value is -2.17. The van der Waals surface area contributed by atoms with Crippen molar-refractivity contribution in [1.29, 1.82) is 0 Å². The standard InChI is InChI=1S/C13H15NO4/c1-3-18-11(15)8-14-13(17)12(16)10-6-4-9(2)5-7-10/h4-7H,3,8H2,1-2H3,(H,14,17). The molecule has 0 saturated carbocycles. The summed E-state index contributed by atoms with van der Waals surface area (Å²) in [6.07, 6.45) is 0. The molecule has 1 amide bonds. The number of esters is 1. The number of ether oxygens (including phenoxy) is 1. The number of nitrogens with one attached hydrogen (secondary N) is 1. The minimum atomic E-state index is -0.813. The minimum absolute atomic E-state index is 0.237. The minimum Gasteiger partial charge on any atom is -0.465 e. The zero-order valence-corrected chi connectivity index (χ0v) is 10.4. The van der Waals surface area contributed by atoms with E-state index in [-0.39, 0.29) is 13.2 Å². The molecule has 96 valence electrons. The second-order valence-corrected chi connectivity index (χ2v) is 3.68. The predicted molar refractivity (Wildman–Crippen MR) is 65.2 cm³/mol. The lowest BCUT2D eigenvalue weighted by atomic mass is 10.1. The third kappa shape index (κ3) is 4.01. The van der Waals surface area contributed by atoms with Crippen molar-refractivity contribution in [2.45, 2.75) is 13.8 Å². The van der Waals surface area contributed by atoms with E-state index < -0.39 is 17.7 Å². The van der Waals surface area contributed by atoms with E-state index in [9.17, 15) is 14.4 Å². The summed E-state index contributed by atoms with van der Waals surface area (Å²) >= 11 is 0. The van der Waals surface area contributed by atoms with E-state index in [0.717, 1.165) is 5.56 Å². The first-order valence-corrected chi connectivity index (χ1v) is 5.59. The quantitative estimate of drug-likeness (QED) is 0.477. The molecule has 0 heterocycles. The van der Waals surface area contributed by atoms with Crippen LogP contribution in [0.1, 0.15) is 22.8 Å². The molecule has 1 rings (SSSR count). The monoisotopic (exact) mass is 249 g/mol. The largest absolute Gasteiger partial charge is 0.465 e. The summed E-state index contributed by atoms with van der Waals surface area (Å²) < 4.78 is 4.63. The van der Waals surface area contributed by atoms with Crippen LogP contribution in [-0.4, -0.2) is 30.8 Å². The van der Waals surface area contributed by atoms with Gasteiger partial charge in [0.1, 0.15) is 6.54 Å². The number of carbonyl (C=O) groups is 3. The lowest BCUT2D eigenvalue weighted by Crippen LogP contribution is -2.35. The summed E-state index contributed by atoms with van der Waals surface area (Å²) in [4.78, 5) is 34.1. The van der Waals surface area contributed by atoms with Gasteiger partial charge in [-0.1, -0.05) is 29.8 Å². The molecular formula is C13H15NO4. The number of Topliss-reactive ketones (excluding diaryl/α,β-unsaturated/α-hetero) is 1. The maximum Gasteiger partial charge on any atom is 0.325 e. The first-order chi connectivity index (χ1) is 8.54. The number of rotatable bonds is 5. The zero-order valence-electron chi connectivity index (χ0n) is 10.4. The van der Waals surface area contributed by atoms with Crippen LogP contribution in [0.25, 0.3) is 0 Å². The summed E-state index contributed by atoms with van der Waals surface area (Å²) in [7, 11) is 0. The van der Waals surface area contributed by atoms with Crippen LogP contribution in [0.4, 0.5) is 0 Å². The molecule has 0 bridgehead atoms. The van der Waals surface area contributed by atoms with Gasteiger partial charge in [-0.05, 0) is 13.8 Å². The van der Waals surface area contributed by atoms with E-state index in [4.69, 9.17) is 0 Å². The highest BCUT2D eigenvalue weighted by atomic mass is 16.5. The molecule has 0 spiro atoms. The third-order valence-corrected chi connectivity index (χ3v) is 2.22. The second kappa shape index (κ2) is 6.54. The number of carbonyl (C=O) groups excluding carboxylic acids is 3. The van der Waals surface area contributed by atoms with E-state index in [0.29, 0.717) is 5.56 Å². The average Bonchev–Trinajstić information content (AvgIpc) is 2.36. The molecule has 0 aliphatic heterocycles. The number of hydrogen-bond donors (Lipinski definition) is 1. The number of hydrogen-bond acceptors (Lipinski definition) is 4. The van der Waals surface area contributed by atoms with Crippen LogP contribution >= 0.6 is 0 Å². The molecule has 0 aliphatic carbocycles. The average molecular weight is 249 g/mol. The molecule has 0 aliphatic rings. The summed E-state index contributed by atoms with van der Waals surface area (Å²) in [5.74, 6) is -2.05. The molecule has 1 aromatic carbocycles. The molecule has 1 N–H and O–H groups in total. The molecule has 18 heavy (non-hydrogen) atoms. The van der Waals surface area contributed by atoms with E-state index in [1.165, 1.54) is 0 Å². The highest BCUT2D eigenvalue weighted by Crippen LogP contribution is 2.03. The van der Waals surface area contributed by atoms with Gasteiger partial charge in [0, 0.05) is 5.56 Å². The Balaban J connectivity index is 2.54. The molecule has 5 nitrogen and oxygen atoms in total. The molecule has 0 unspecified atom stereocenters. The lowest BCUT2D eigenvalue weighted by Gasteiger charge is -2.04. The maximum atomic E-state index is 11.7. The Morgan fingerprint density at radius 1 is 1.17 bits per heavy atom. The van der Waals surface area contributed by atoms with Gasteiger partial charge in [0.2, 0.25) is 5.78 Å². The Morgan fingerprint density at radius 3 is 2.33 bits per heavy atom. The van der Waals surface area contributed by atoms with Crippen molar-refractivity contribution < 1.29 is 19.1 Å². The Kier molecular flexibility index (Phi) is 5.05. The molecule has 0 saturated heterocycles. The number of amides is 1. The fourth-order valence-electron chi connectivity index (χ4n) is 1.28. The lowest BCUT2D eigenvalue weighted by molar-refractivity contribution is -0.143. The van der Waals surface area contributed by atoms with Gasteiger partial charge in [-0.25, -0.2) is 0 Å². The van der Waals surface area contributed by atoms with Gasteiger partial charge in [-0.2, -0.15) is 0 Å². The van der Waals surface area contributed by atoms with Gasteiger partial charge in [-0.15, -0.1) is 0 Å². The van der Waals surface area contributed by atoms with Gasteiger partial charge in [0.25, 0.3) is 5.91 Å². The topological polar surface area (TPSA) is 72.5 Å². The molecule has 0 fully saturated rings. The van der Waals surface area contributed by atoms with E-state index >= 15 is 0 Å². The van der Waals surface area contributed by atoms with Crippen molar-refractivity contribution >= 4 is 17.7 Å². The van der Waals surface area contributed by atoms with E-state index in [1.54, 1.807) is 31.2 Å². The first kappa shape index (κ1) is 13.9. The van der Waals surface area contributed by atoms with Crippen LogP contribution < -0.4 is 5.32 Å². The third-order valence-electron chi connectivity index (χ3n) is 2.22. The van der Waals surface area contributed by atoms with Crippen LogP contribution in [0, 0.1) is 6.92 Å². The smallest absolute Gasteiger partial charge is 0.325 e. The van der Waals surface area contributed by atoms with Crippen molar-refractivity contribution in [2.75, 3.05) is 13.2 Å². The SMILES string of the molecule is CCOC(=O)CNC(=O)C(=O)c1ccc(C)cc1. The summed E-state index contributed by atoms with van der Waals surface area (Å²) in [5, 5.41) is 2.22. The maximum absolute atomic E-state index is 11.7. The van der Waals surface area contributed by atoms with Gasteiger partial charge in [0.05, 0.1) is 6.61 Å². The van der Waals surface area contributed by atoms with Crippen molar-refractivity contribution in [1.82, 2.24) is 5.32 Å². The second-order valence-electron chi connectivity index (χ2n) is 3.68. The zero-order chi connectivity index (χ0) is 13.5. The van der Waals surface area contributed by atoms with Gasteiger partial charge in [-0.3, -0.25) is 14.4 Å². The van der Waals surface area contributed by atoms with Crippen LogP contribution in [-0.2, 0) is 14.3 Å². The number of benzene rings is 1. The number of ketones is 1. The summed E-state index contributed by atoms with van der Waals surface area (Å²) in [6.45, 7) is 3.48. The Morgan fingerprint density at radius 2 is 1.78 bits per heavy atom. The fraction of sp³-hybridized carbons (Fsp3) is 0.308. The Labute approximate surface area is 105 Å². The molecule has 5 heteroatoms. The number of aryl methyl sites for hydroxylation is 1. The van der Waals surface area contributed by atoms with Crippen LogP contribution in [0.15, 0.2) is 24.3 Å². The van der Waals surface area contributed by atoms with Crippen molar-refractivity contribution in [3.05, 3.63) is 35.4 Å². The van der Waals surface area contributed by atoms with Crippen LogP contribution in [0.3, 0.4) is 0 Å². The highest BCUT2D eigenvalue weighted by molar-refractivity contribution is 6.43. The van der Waals surface area contributed by atoms with Crippen LogP contribution in [0.2, 0.25) is 0 Å². The summed E-state index contributed by atoms with van der Waals surface area (Å²) in [5.41, 5.74) is 1.29. The van der Waals surface area contributed by atoms with Crippen molar-refractivity contribution in [2.24, 2.45) is 0 Å². The molecular weight excluding hydrogens is 234 g/mol. The first-order valence-electron chi connectivity index (χ1n) is 5.59. The molecule has 0 atom stereocenters. The van der Waals surface area contributed by atoms with Crippen molar-refractivity contribution in [3.63, 3.8) is 0 Å². The van der Waals surface area contributed by atoms with Crippen molar-refractivity contribution in [3.8, 4) is 0 Å². The Bertz CT molecular complexity index is 451. The predicted octanol–water partition coefficient (Wildman–Crippen LogP) is 0.857. The molecule has 1 aromatic rings. The van der Waals surface area contributed by atoms with E-state index in [1.807, 2.05) is 6.92 Å². The van der Waals surface area contributed by atoms with Gasteiger partial charge < -0.3 is 10.1 Å². The summed E-state index contributed by atoms with van der Waals surface area (Å²) in [6, 6.07) is 6.63. The molecule has 0 radical (unpaired) electrons. The normalized spacial score (nSPS) is 9.67. The highest BCUT2D eigenvalue weighted by Gasteiger charge is 2.16. The van der Waals surface area contributed by atoms with Gasteiger partial charge in [0.15, 0.2) is 0 Å². The van der Waals surface area contributed by atoms with E-state index in [2.05, 4.69) is 10.1 Å². The van der Waals surface area contributed by atoms with Crippen LogP contribution in [0.5, 0.6) is 0 Å². The van der Waals surface area contributed by atoms with Gasteiger partial charge >= 0.3 is 5.97 Å².